The molecule has 0 radical (unpaired) electrons. The van der Waals surface area contributed by atoms with Crippen LogP contribution in [0.25, 0.3) is 11.1 Å². The molecule has 0 aromatic heterocycles. The van der Waals surface area contributed by atoms with Crippen molar-refractivity contribution in [2.75, 3.05) is 0 Å². The number of rotatable bonds is 2. The average Bonchev–Trinajstić information content (AvgIpc) is 2.40. The van der Waals surface area contributed by atoms with Gasteiger partial charge in [0.05, 0.1) is 18.1 Å². The van der Waals surface area contributed by atoms with E-state index in [2.05, 4.69) is 6.07 Å². The third-order valence-electron chi connectivity index (χ3n) is 2.69. The first kappa shape index (κ1) is 11.8. The van der Waals surface area contributed by atoms with E-state index in [1.54, 1.807) is 30.3 Å². The van der Waals surface area contributed by atoms with Crippen LogP contribution >= 0.6 is 0 Å². The van der Waals surface area contributed by atoms with Crippen LogP contribution in [0.2, 0.25) is 0 Å². The molecule has 18 heavy (non-hydrogen) atoms. The van der Waals surface area contributed by atoms with Crippen LogP contribution in [0.3, 0.4) is 0 Å². The van der Waals surface area contributed by atoms with Gasteiger partial charge in [-0.1, -0.05) is 30.3 Å². The summed E-state index contributed by atoms with van der Waals surface area (Å²) in [5.41, 5.74) is 2.67. The van der Waals surface area contributed by atoms with Crippen LogP contribution in [0.1, 0.15) is 11.1 Å². The number of halogens is 1. The van der Waals surface area contributed by atoms with Crippen molar-refractivity contribution < 1.29 is 4.39 Å². The largest absolute Gasteiger partial charge is 0.207 e. The van der Waals surface area contributed by atoms with Gasteiger partial charge in [0.15, 0.2) is 0 Å². The van der Waals surface area contributed by atoms with Crippen LogP contribution in [0.4, 0.5) is 4.39 Å². The van der Waals surface area contributed by atoms with E-state index in [-0.39, 0.29) is 12.2 Å². The van der Waals surface area contributed by atoms with Gasteiger partial charge < -0.3 is 0 Å². The lowest BCUT2D eigenvalue weighted by Gasteiger charge is -2.07. The van der Waals surface area contributed by atoms with Gasteiger partial charge in [0, 0.05) is 0 Å². The quantitative estimate of drug-likeness (QED) is 0.801. The lowest BCUT2D eigenvalue weighted by molar-refractivity contribution is 0.628. The molecule has 2 rings (SSSR count). The maximum absolute atomic E-state index is 12.9. The third kappa shape index (κ3) is 2.21. The summed E-state index contributed by atoms with van der Waals surface area (Å²) < 4.78 is 12.9. The highest BCUT2D eigenvalue weighted by atomic mass is 19.1. The van der Waals surface area contributed by atoms with Crippen molar-refractivity contribution in [1.82, 2.24) is 0 Å². The van der Waals surface area contributed by atoms with E-state index in [0.717, 1.165) is 11.1 Å². The van der Waals surface area contributed by atoms with Gasteiger partial charge in [-0.25, -0.2) is 4.39 Å². The Morgan fingerprint density at radius 1 is 1.00 bits per heavy atom. The Morgan fingerprint density at radius 2 is 1.72 bits per heavy atom. The van der Waals surface area contributed by atoms with Gasteiger partial charge in [-0.15, -0.1) is 0 Å². The standard InChI is InChI=1S/C15H9FN2/c16-13-6-4-12(5-7-13)14-3-1-2-11(8-9-17)15(14)10-18/h1-7H,8H2. The Morgan fingerprint density at radius 3 is 2.33 bits per heavy atom. The molecule has 86 valence electrons. The molecule has 0 heterocycles. The second-order valence-electron chi connectivity index (χ2n) is 3.79. The predicted molar refractivity (Wildman–Crippen MR) is 65.9 cm³/mol. The van der Waals surface area contributed by atoms with Crippen molar-refractivity contribution >= 4 is 0 Å². The molecule has 0 saturated carbocycles. The molecule has 0 atom stereocenters. The van der Waals surface area contributed by atoms with Gasteiger partial charge in [0.1, 0.15) is 11.9 Å². The molecule has 0 amide bonds. The molecule has 2 nitrogen and oxygen atoms in total. The molecule has 2 aromatic carbocycles. The maximum Gasteiger partial charge on any atom is 0.123 e. The second-order valence-corrected chi connectivity index (χ2v) is 3.79. The van der Waals surface area contributed by atoms with E-state index in [1.807, 2.05) is 6.07 Å². The molecular weight excluding hydrogens is 227 g/mol. The Kier molecular flexibility index (Phi) is 3.36. The molecule has 0 N–H and O–H groups in total. The number of nitrogens with zero attached hydrogens (tertiary/aromatic N) is 2. The highest BCUT2D eigenvalue weighted by molar-refractivity contribution is 5.72. The van der Waals surface area contributed by atoms with E-state index in [1.165, 1.54) is 12.1 Å². The minimum atomic E-state index is -0.314. The van der Waals surface area contributed by atoms with Gasteiger partial charge in [-0.2, -0.15) is 10.5 Å². The Hall–Kier alpha value is -2.65. The Bertz CT molecular complexity index is 646. The van der Waals surface area contributed by atoms with Crippen LogP contribution in [0, 0.1) is 28.5 Å². The monoisotopic (exact) mass is 236 g/mol. The molecule has 0 unspecified atom stereocenters. The highest BCUT2D eigenvalue weighted by Gasteiger charge is 2.09. The van der Waals surface area contributed by atoms with Crippen LogP contribution in [0.15, 0.2) is 42.5 Å². The topological polar surface area (TPSA) is 47.6 Å². The molecule has 0 aliphatic carbocycles. The molecule has 0 bridgehead atoms. The predicted octanol–water partition coefficient (Wildman–Crippen LogP) is 3.43. The van der Waals surface area contributed by atoms with Gasteiger partial charge in [-0.3, -0.25) is 0 Å². The molecule has 0 saturated heterocycles. The van der Waals surface area contributed by atoms with Crippen molar-refractivity contribution in [1.29, 1.82) is 10.5 Å². The zero-order valence-corrected chi connectivity index (χ0v) is 9.52. The van der Waals surface area contributed by atoms with E-state index in [4.69, 9.17) is 5.26 Å². The van der Waals surface area contributed by atoms with Crippen molar-refractivity contribution in [3.63, 3.8) is 0 Å². The molecule has 0 spiro atoms. The second kappa shape index (κ2) is 5.12. The summed E-state index contributed by atoms with van der Waals surface area (Å²) in [4.78, 5) is 0. The Balaban J connectivity index is 2.58. The summed E-state index contributed by atoms with van der Waals surface area (Å²) >= 11 is 0. The molecule has 0 aliphatic rings. The summed E-state index contributed by atoms with van der Waals surface area (Å²) in [5.74, 6) is -0.314. The summed E-state index contributed by atoms with van der Waals surface area (Å²) in [7, 11) is 0. The summed E-state index contributed by atoms with van der Waals surface area (Å²) in [6.45, 7) is 0. The first-order valence-corrected chi connectivity index (χ1v) is 5.41. The molecule has 2 aromatic rings. The van der Waals surface area contributed by atoms with Gasteiger partial charge in [0.25, 0.3) is 0 Å². The fourth-order valence-corrected chi connectivity index (χ4v) is 1.83. The smallest absolute Gasteiger partial charge is 0.123 e. The molecule has 0 fully saturated rings. The number of benzene rings is 2. The average molecular weight is 236 g/mol. The summed E-state index contributed by atoms with van der Waals surface area (Å²) in [5, 5.41) is 17.9. The minimum Gasteiger partial charge on any atom is -0.207 e. The van der Waals surface area contributed by atoms with Gasteiger partial charge in [0.2, 0.25) is 0 Å². The van der Waals surface area contributed by atoms with Crippen LogP contribution in [0.5, 0.6) is 0 Å². The SMILES string of the molecule is N#CCc1cccc(-c2ccc(F)cc2)c1C#N. The lowest BCUT2D eigenvalue weighted by atomic mass is 9.95. The van der Waals surface area contributed by atoms with Crippen molar-refractivity contribution in [2.24, 2.45) is 0 Å². The zero-order chi connectivity index (χ0) is 13.0. The Labute approximate surface area is 105 Å². The fraction of sp³-hybridized carbons (Fsp3) is 0.0667. The maximum atomic E-state index is 12.9. The van der Waals surface area contributed by atoms with Crippen molar-refractivity contribution in [3.05, 3.63) is 59.4 Å². The summed E-state index contributed by atoms with van der Waals surface area (Å²) in [6, 6.07) is 15.5. The van der Waals surface area contributed by atoms with E-state index in [0.29, 0.717) is 11.1 Å². The van der Waals surface area contributed by atoms with Crippen molar-refractivity contribution in [3.8, 4) is 23.3 Å². The first-order chi connectivity index (χ1) is 8.76. The zero-order valence-electron chi connectivity index (χ0n) is 9.52. The van der Waals surface area contributed by atoms with Crippen LogP contribution < -0.4 is 0 Å². The molecular formula is C15H9FN2. The fourth-order valence-electron chi connectivity index (χ4n) is 1.83. The van der Waals surface area contributed by atoms with E-state index in [9.17, 15) is 9.65 Å². The number of hydrogen-bond donors (Lipinski definition) is 0. The minimum absolute atomic E-state index is 0.192. The lowest BCUT2D eigenvalue weighted by Crippen LogP contribution is -1.92. The summed E-state index contributed by atoms with van der Waals surface area (Å²) in [6.07, 6.45) is 0.192. The van der Waals surface area contributed by atoms with Crippen LogP contribution in [-0.2, 0) is 6.42 Å². The van der Waals surface area contributed by atoms with Gasteiger partial charge >= 0.3 is 0 Å². The third-order valence-corrected chi connectivity index (χ3v) is 2.69. The van der Waals surface area contributed by atoms with Crippen molar-refractivity contribution in [2.45, 2.75) is 6.42 Å². The number of hydrogen-bond acceptors (Lipinski definition) is 2. The van der Waals surface area contributed by atoms with E-state index >= 15 is 0 Å². The highest BCUT2D eigenvalue weighted by Crippen LogP contribution is 2.26. The van der Waals surface area contributed by atoms with E-state index < -0.39 is 0 Å². The van der Waals surface area contributed by atoms with Gasteiger partial charge in [-0.05, 0) is 28.8 Å². The number of nitriles is 2. The van der Waals surface area contributed by atoms with Crippen LogP contribution in [-0.4, -0.2) is 0 Å². The molecule has 0 aliphatic heterocycles. The molecule has 3 heteroatoms. The first-order valence-electron chi connectivity index (χ1n) is 5.41. The normalized spacial score (nSPS) is 9.50.